The van der Waals surface area contributed by atoms with Crippen molar-refractivity contribution in [1.29, 1.82) is 0 Å². The highest BCUT2D eigenvalue weighted by molar-refractivity contribution is 9.10. The van der Waals surface area contributed by atoms with E-state index in [0.717, 1.165) is 31.7 Å². The van der Waals surface area contributed by atoms with Gasteiger partial charge in [-0.15, -0.1) is 0 Å². The van der Waals surface area contributed by atoms with Crippen molar-refractivity contribution in [3.8, 4) is 0 Å². The lowest BCUT2D eigenvalue weighted by atomic mass is 10.1. The molecule has 0 aliphatic carbocycles. The molecule has 16 heavy (non-hydrogen) atoms. The van der Waals surface area contributed by atoms with E-state index >= 15 is 0 Å². The summed E-state index contributed by atoms with van der Waals surface area (Å²) < 4.78 is 3.19. The zero-order chi connectivity index (χ0) is 12.0. The number of benzene rings is 1. The van der Waals surface area contributed by atoms with E-state index in [1.807, 2.05) is 33.0 Å². The monoisotopic (exact) mass is 300 g/mol. The zero-order valence-corrected chi connectivity index (χ0v) is 11.9. The predicted molar refractivity (Wildman–Crippen MR) is 73.0 cm³/mol. The summed E-state index contributed by atoms with van der Waals surface area (Å²) >= 11 is 9.76. The zero-order valence-electron chi connectivity index (χ0n) is 9.51. The summed E-state index contributed by atoms with van der Waals surface area (Å²) in [5.41, 5.74) is 9.32. The van der Waals surface area contributed by atoms with E-state index in [0.29, 0.717) is 0 Å². The first-order chi connectivity index (χ1) is 7.45. The SMILES string of the molecule is Cc1c(Cl)ccc2c(Br)c(C(C)N)n(C)c12. The van der Waals surface area contributed by atoms with Crippen LogP contribution < -0.4 is 5.73 Å². The first kappa shape index (κ1) is 12.0. The van der Waals surface area contributed by atoms with Crippen LogP contribution in [-0.4, -0.2) is 4.57 Å². The molecule has 1 aromatic heterocycles. The van der Waals surface area contributed by atoms with Gasteiger partial charge in [-0.05, 0) is 41.4 Å². The van der Waals surface area contributed by atoms with Crippen molar-refractivity contribution in [3.05, 3.63) is 32.9 Å². The van der Waals surface area contributed by atoms with Gasteiger partial charge >= 0.3 is 0 Å². The Hall–Kier alpha value is -0.510. The molecule has 1 unspecified atom stereocenters. The molecule has 1 heterocycles. The number of fused-ring (bicyclic) bond motifs is 1. The van der Waals surface area contributed by atoms with Gasteiger partial charge in [-0.2, -0.15) is 0 Å². The van der Waals surface area contributed by atoms with Crippen LogP contribution >= 0.6 is 27.5 Å². The molecular formula is C12H14BrClN2. The van der Waals surface area contributed by atoms with Crippen molar-refractivity contribution in [2.45, 2.75) is 19.9 Å². The smallest absolute Gasteiger partial charge is 0.0536 e. The van der Waals surface area contributed by atoms with Crippen LogP contribution in [0.2, 0.25) is 5.02 Å². The maximum Gasteiger partial charge on any atom is 0.0536 e. The number of hydrogen-bond acceptors (Lipinski definition) is 1. The molecule has 4 heteroatoms. The molecule has 0 bridgehead atoms. The van der Waals surface area contributed by atoms with Gasteiger partial charge in [0.2, 0.25) is 0 Å². The fraction of sp³-hybridized carbons (Fsp3) is 0.333. The topological polar surface area (TPSA) is 30.9 Å². The van der Waals surface area contributed by atoms with E-state index in [1.165, 1.54) is 0 Å². The number of nitrogens with two attached hydrogens (primary N) is 1. The lowest BCUT2D eigenvalue weighted by molar-refractivity contribution is 0.721. The number of hydrogen-bond donors (Lipinski definition) is 1. The van der Waals surface area contributed by atoms with E-state index < -0.39 is 0 Å². The molecule has 2 nitrogen and oxygen atoms in total. The van der Waals surface area contributed by atoms with Gasteiger partial charge in [0.05, 0.1) is 5.52 Å². The molecule has 0 aliphatic rings. The van der Waals surface area contributed by atoms with E-state index in [2.05, 4.69) is 20.5 Å². The standard InChI is InChI=1S/C12H14BrClN2/c1-6-9(14)5-4-8-10(13)12(7(2)15)16(3)11(6)8/h4-5,7H,15H2,1-3H3. The van der Waals surface area contributed by atoms with Crippen molar-refractivity contribution in [2.24, 2.45) is 12.8 Å². The molecule has 0 spiro atoms. The Morgan fingerprint density at radius 1 is 1.44 bits per heavy atom. The number of halogens is 2. The minimum absolute atomic E-state index is 0.00931. The average Bonchev–Trinajstić information content (AvgIpc) is 2.45. The molecule has 0 amide bonds. The predicted octanol–water partition coefficient (Wildman–Crippen LogP) is 3.92. The fourth-order valence-corrected chi connectivity index (χ4v) is 3.30. The Morgan fingerprint density at radius 2 is 2.06 bits per heavy atom. The molecular weight excluding hydrogens is 288 g/mol. The van der Waals surface area contributed by atoms with Crippen molar-refractivity contribution >= 4 is 38.4 Å². The molecule has 1 aromatic carbocycles. The van der Waals surface area contributed by atoms with Gasteiger partial charge in [-0.1, -0.05) is 17.7 Å². The molecule has 0 saturated carbocycles. The lowest BCUT2D eigenvalue weighted by Gasteiger charge is -2.09. The highest BCUT2D eigenvalue weighted by Crippen LogP contribution is 2.36. The van der Waals surface area contributed by atoms with Gasteiger partial charge in [-0.25, -0.2) is 0 Å². The van der Waals surface area contributed by atoms with Crippen LogP contribution in [0.5, 0.6) is 0 Å². The lowest BCUT2D eigenvalue weighted by Crippen LogP contribution is -2.10. The second-order valence-electron chi connectivity index (χ2n) is 4.12. The Labute approximate surface area is 109 Å². The van der Waals surface area contributed by atoms with Crippen LogP contribution in [0.15, 0.2) is 16.6 Å². The number of nitrogens with zero attached hydrogens (tertiary/aromatic N) is 1. The van der Waals surface area contributed by atoms with Crippen LogP contribution in [-0.2, 0) is 7.05 Å². The van der Waals surface area contributed by atoms with Crippen molar-refractivity contribution in [3.63, 3.8) is 0 Å². The second kappa shape index (κ2) is 4.06. The number of aryl methyl sites for hydroxylation is 2. The molecule has 2 rings (SSSR count). The maximum absolute atomic E-state index is 6.14. The summed E-state index contributed by atoms with van der Waals surface area (Å²) in [4.78, 5) is 0. The molecule has 1 atom stereocenters. The van der Waals surface area contributed by atoms with Crippen LogP contribution in [0.1, 0.15) is 24.2 Å². The molecule has 2 N–H and O–H groups in total. The van der Waals surface area contributed by atoms with Gasteiger partial charge in [0, 0.05) is 33.7 Å². The van der Waals surface area contributed by atoms with E-state index in [1.54, 1.807) is 0 Å². The van der Waals surface area contributed by atoms with Crippen molar-refractivity contribution in [2.75, 3.05) is 0 Å². The minimum atomic E-state index is -0.00931. The molecule has 0 aliphatic heterocycles. The van der Waals surface area contributed by atoms with Crippen molar-refractivity contribution < 1.29 is 0 Å². The first-order valence-electron chi connectivity index (χ1n) is 5.13. The van der Waals surface area contributed by atoms with E-state index in [-0.39, 0.29) is 6.04 Å². The van der Waals surface area contributed by atoms with Crippen molar-refractivity contribution in [1.82, 2.24) is 4.57 Å². The van der Waals surface area contributed by atoms with Crippen LogP contribution in [0.4, 0.5) is 0 Å². The summed E-state index contributed by atoms with van der Waals surface area (Å²) in [7, 11) is 2.02. The molecule has 0 fully saturated rings. The normalized spacial score (nSPS) is 13.4. The van der Waals surface area contributed by atoms with Gasteiger partial charge in [0.25, 0.3) is 0 Å². The summed E-state index contributed by atoms with van der Waals surface area (Å²) in [5, 5.41) is 1.95. The number of aromatic nitrogens is 1. The van der Waals surface area contributed by atoms with E-state index in [9.17, 15) is 0 Å². The third-order valence-electron chi connectivity index (χ3n) is 2.95. The largest absolute Gasteiger partial charge is 0.345 e. The van der Waals surface area contributed by atoms with Crippen LogP contribution in [0.25, 0.3) is 10.9 Å². The van der Waals surface area contributed by atoms with Gasteiger partial charge in [0.15, 0.2) is 0 Å². The Balaban J connectivity index is 2.94. The van der Waals surface area contributed by atoms with Crippen LogP contribution in [0, 0.1) is 6.92 Å². The fourth-order valence-electron chi connectivity index (χ4n) is 2.20. The summed E-state index contributed by atoms with van der Waals surface area (Å²) in [6, 6.07) is 3.94. The Kier molecular flexibility index (Phi) is 3.03. The Bertz CT molecular complexity index is 558. The first-order valence-corrected chi connectivity index (χ1v) is 6.30. The van der Waals surface area contributed by atoms with E-state index in [4.69, 9.17) is 17.3 Å². The highest BCUT2D eigenvalue weighted by Gasteiger charge is 2.17. The van der Waals surface area contributed by atoms with Gasteiger partial charge < -0.3 is 10.3 Å². The molecule has 0 radical (unpaired) electrons. The molecule has 86 valence electrons. The molecule has 0 saturated heterocycles. The van der Waals surface area contributed by atoms with Crippen LogP contribution in [0.3, 0.4) is 0 Å². The highest BCUT2D eigenvalue weighted by atomic mass is 79.9. The average molecular weight is 302 g/mol. The minimum Gasteiger partial charge on any atom is -0.345 e. The maximum atomic E-state index is 6.14. The Morgan fingerprint density at radius 3 is 2.62 bits per heavy atom. The van der Waals surface area contributed by atoms with Gasteiger partial charge in [0.1, 0.15) is 0 Å². The quantitative estimate of drug-likeness (QED) is 0.850. The molecule has 2 aromatic rings. The number of rotatable bonds is 1. The summed E-state index contributed by atoms with van der Waals surface area (Å²) in [5.74, 6) is 0. The third kappa shape index (κ3) is 1.58. The second-order valence-corrected chi connectivity index (χ2v) is 5.32. The summed E-state index contributed by atoms with van der Waals surface area (Å²) in [6.45, 7) is 4.01. The van der Waals surface area contributed by atoms with Gasteiger partial charge in [-0.3, -0.25) is 0 Å². The summed E-state index contributed by atoms with van der Waals surface area (Å²) in [6.07, 6.45) is 0. The third-order valence-corrected chi connectivity index (χ3v) is 4.20.